The molecule has 0 fully saturated rings. The molecule has 1 aromatic carbocycles. The molecule has 0 aliphatic heterocycles. The van der Waals surface area contributed by atoms with E-state index in [1.54, 1.807) is 6.07 Å². The van der Waals surface area contributed by atoms with Crippen LogP contribution in [0.1, 0.15) is 33.5 Å². The minimum Gasteiger partial charge on any atom is -0.465 e. The molecule has 0 aliphatic rings. The Hall–Kier alpha value is -2.00. The van der Waals surface area contributed by atoms with Gasteiger partial charge in [0.05, 0.1) is 24.8 Å². The van der Waals surface area contributed by atoms with E-state index in [9.17, 15) is 13.6 Å². The van der Waals surface area contributed by atoms with Crippen molar-refractivity contribution >= 4 is 5.97 Å². The number of benzene rings is 1. The molecular formula is C11H9F2NO3. The molecule has 0 saturated heterocycles. The Balaban J connectivity index is 3.52. The summed E-state index contributed by atoms with van der Waals surface area (Å²) in [5.41, 5.74) is -1.15. The van der Waals surface area contributed by atoms with Crippen molar-refractivity contribution in [2.75, 3.05) is 7.11 Å². The van der Waals surface area contributed by atoms with E-state index in [0.717, 1.165) is 19.2 Å². The summed E-state index contributed by atoms with van der Waals surface area (Å²) >= 11 is 0. The summed E-state index contributed by atoms with van der Waals surface area (Å²) in [6, 6.07) is 3.71. The molecule has 0 saturated carbocycles. The third-order valence-corrected chi connectivity index (χ3v) is 2.16. The highest BCUT2D eigenvalue weighted by Crippen LogP contribution is 2.27. The minimum absolute atomic E-state index is 0.125. The summed E-state index contributed by atoms with van der Waals surface area (Å²) in [6.07, 6.45) is -2.90. The highest BCUT2D eigenvalue weighted by Gasteiger charge is 2.21. The fourth-order valence-electron chi connectivity index (χ4n) is 1.39. The van der Waals surface area contributed by atoms with Crippen molar-refractivity contribution in [1.82, 2.24) is 0 Å². The molecule has 4 nitrogen and oxygen atoms in total. The zero-order chi connectivity index (χ0) is 13.0. The number of alkyl halides is 2. The number of methoxy groups -OCH3 is 1. The number of aliphatic hydroxyl groups is 1. The molecule has 0 unspecified atom stereocenters. The average Bonchev–Trinajstić information content (AvgIpc) is 2.35. The fraction of sp³-hybridized carbons (Fsp3) is 0.273. The number of esters is 1. The normalized spacial score (nSPS) is 10.1. The fourth-order valence-corrected chi connectivity index (χ4v) is 1.39. The van der Waals surface area contributed by atoms with Crippen molar-refractivity contribution in [3.8, 4) is 6.07 Å². The van der Waals surface area contributed by atoms with E-state index >= 15 is 0 Å². The Morgan fingerprint density at radius 3 is 2.65 bits per heavy atom. The van der Waals surface area contributed by atoms with Crippen LogP contribution in [0, 0.1) is 11.3 Å². The first-order valence-electron chi connectivity index (χ1n) is 4.59. The molecule has 0 heterocycles. The van der Waals surface area contributed by atoms with Crippen LogP contribution >= 0.6 is 0 Å². The van der Waals surface area contributed by atoms with Gasteiger partial charge in [-0.1, -0.05) is 0 Å². The zero-order valence-electron chi connectivity index (χ0n) is 8.91. The molecule has 1 aromatic rings. The van der Waals surface area contributed by atoms with Crippen LogP contribution < -0.4 is 0 Å². The van der Waals surface area contributed by atoms with Gasteiger partial charge in [-0.05, 0) is 17.7 Å². The standard InChI is InChI=1S/C11H9F2NO3/c1-17-11(16)8-3-6(5-15)2-7(10(12)13)9(8)4-14/h2-3,10,15H,5H2,1H3. The molecule has 1 rings (SSSR count). The highest BCUT2D eigenvalue weighted by molar-refractivity contribution is 5.93. The summed E-state index contributed by atoms with van der Waals surface area (Å²) in [5.74, 6) is -0.890. The van der Waals surface area contributed by atoms with Crippen LogP contribution in [-0.2, 0) is 11.3 Å². The molecule has 0 bridgehead atoms. The molecule has 1 N–H and O–H groups in total. The molecule has 0 amide bonds. The van der Waals surface area contributed by atoms with E-state index in [1.807, 2.05) is 0 Å². The second kappa shape index (κ2) is 5.37. The number of carbonyl (C=O) groups excluding carboxylic acids is 1. The van der Waals surface area contributed by atoms with Crippen LogP contribution in [0.3, 0.4) is 0 Å². The molecule has 6 heteroatoms. The number of nitriles is 1. The quantitative estimate of drug-likeness (QED) is 0.819. The number of aliphatic hydroxyl groups excluding tert-OH is 1. The van der Waals surface area contributed by atoms with E-state index in [4.69, 9.17) is 10.4 Å². The smallest absolute Gasteiger partial charge is 0.339 e. The first kappa shape index (κ1) is 13.1. The predicted molar refractivity (Wildman–Crippen MR) is 53.4 cm³/mol. The number of carbonyl (C=O) groups is 1. The number of halogens is 2. The van der Waals surface area contributed by atoms with Crippen LogP contribution in [0.2, 0.25) is 0 Å². The lowest BCUT2D eigenvalue weighted by Gasteiger charge is -2.09. The van der Waals surface area contributed by atoms with Gasteiger partial charge in [-0.25, -0.2) is 13.6 Å². The first-order valence-corrected chi connectivity index (χ1v) is 4.59. The summed E-state index contributed by atoms with van der Waals surface area (Å²) < 4.78 is 29.8. The van der Waals surface area contributed by atoms with E-state index < -0.39 is 30.1 Å². The monoisotopic (exact) mass is 241 g/mol. The number of hydrogen-bond acceptors (Lipinski definition) is 4. The number of ether oxygens (including phenoxy) is 1. The topological polar surface area (TPSA) is 70.3 Å². The number of nitrogens with zero attached hydrogens (tertiary/aromatic N) is 1. The van der Waals surface area contributed by atoms with Crippen LogP contribution in [-0.4, -0.2) is 18.2 Å². The maximum Gasteiger partial charge on any atom is 0.339 e. The van der Waals surface area contributed by atoms with Gasteiger partial charge in [0, 0.05) is 5.56 Å². The maximum absolute atomic E-state index is 12.7. The minimum atomic E-state index is -2.90. The van der Waals surface area contributed by atoms with Crippen molar-refractivity contribution in [2.24, 2.45) is 0 Å². The Kier molecular flexibility index (Phi) is 4.12. The molecule has 0 radical (unpaired) electrons. The third-order valence-electron chi connectivity index (χ3n) is 2.16. The van der Waals surface area contributed by atoms with Gasteiger partial charge in [0.15, 0.2) is 0 Å². The van der Waals surface area contributed by atoms with E-state index in [1.165, 1.54) is 0 Å². The number of hydrogen-bond donors (Lipinski definition) is 1. The van der Waals surface area contributed by atoms with Crippen LogP contribution in [0.25, 0.3) is 0 Å². The third kappa shape index (κ3) is 2.57. The predicted octanol–water partition coefficient (Wildman–Crippen LogP) is 1.77. The SMILES string of the molecule is COC(=O)c1cc(CO)cc(C(F)F)c1C#N. The van der Waals surface area contributed by atoms with Gasteiger partial charge in [-0.3, -0.25) is 0 Å². The van der Waals surface area contributed by atoms with Crippen LogP contribution in [0.15, 0.2) is 12.1 Å². The zero-order valence-corrected chi connectivity index (χ0v) is 8.91. The van der Waals surface area contributed by atoms with Gasteiger partial charge in [0.1, 0.15) is 6.07 Å². The molecule has 0 aliphatic carbocycles. The summed E-state index contributed by atoms with van der Waals surface area (Å²) in [7, 11) is 1.08. The Labute approximate surface area is 96.0 Å². The van der Waals surface area contributed by atoms with E-state index in [2.05, 4.69) is 4.74 Å². The lowest BCUT2D eigenvalue weighted by molar-refractivity contribution is 0.0599. The summed E-state index contributed by atoms with van der Waals surface area (Å²) in [5, 5.41) is 17.7. The molecule has 0 aromatic heterocycles. The van der Waals surface area contributed by atoms with Crippen molar-refractivity contribution in [1.29, 1.82) is 5.26 Å². The summed E-state index contributed by atoms with van der Waals surface area (Å²) in [4.78, 5) is 11.3. The van der Waals surface area contributed by atoms with Gasteiger partial charge >= 0.3 is 5.97 Å². The van der Waals surface area contributed by atoms with Gasteiger partial charge in [0.25, 0.3) is 6.43 Å². The van der Waals surface area contributed by atoms with Crippen LogP contribution in [0.5, 0.6) is 0 Å². The van der Waals surface area contributed by atoms with Crippen molar-refractivity contribution in [2.45, 2.75) is 13.0 Å². The second-order valence-electron chi connectivity index (χ2n) is 3.17. The molecule has 0 spiro atoms. The van der Waals surface area contributed by atoms with Gasteiger partial charge in [-0.2, -0.15) is 5.26 Å². The summed E-state index contributed by atoms with van der Waals surface area (Å²) in [6.45, 7) is -0.505. The van der Waals surface area contributed by atoms with Crippen LogP contribution in [0.4, 0.5) is 8.78 Å². The van der Waals surface area contributed by atoms with Gasteiger partial charge in [-0.15, -0.1) is 0 Å². The van der Waals surface area contributed by atoms with E-state index in [0.29, 0.717) is 0 Å². The molecule has 90 valence electrons. The highest BCUT2D eigenvalue weighted by atomic mass is 19.3. The van der Waals surface area contributed by atoms with Crippen molar-refractivity contribution in [3.63, 3.8) is 0 Å². The van der Waals surface area contributed by atoms with E-state index in [-0.39, 0.29) is 11.1 Å². The van der Waals surface area contributed by atoms with Gasteiger partial charge < -0.3 is 9.84 Å². The largest absolute Gasteiger partial charge is 0.465 e. The van der Waals surface area contributed by atoms with Crippen molar-refractivity contribution < 1.29 is 23.4 Å². The Bertz CT molecular complexity index is 480. The maximum atomic E-state index is 12.7. The average molecular weight is 241 g/mol. The number of rotatable bonds is 3. The van der Waals surface area contributed by atoms with Crippen molar-refractivity contribution in [3.05, 3.63) is 34.4 Å². The molecule has 17 heavy (non-hydrogen) atoms. The Morgan fingerprint density at radius 2 is 2.24 bits per heavy atom. The molecule has 0 atom stereocenters. The second-order valence-corrected chi connectivity index (χ2v) is 3.17. The Morgan fingerprint density at radius 1 is 1.59 bits per heavy atom. The molecular weight excluding hydrogens is 232 g/mol. The lowest BCUT2D eigenvalue weighted by Crippen LogP contribution is -2.08. The lowest BCUT2D eigenvalue weighted by atomic mass is 9.98. The van der Waals surface area contributed by atoms with Gasteiger partial charge in [0.2, 0.25) is 0 Å². The first-order chi connectivity index (χ1) is 8.04.